The Kier molecular flexibility index (Phi) is 7.49. The van der Waals surface area contributed by atoms with Crippen LogP contribution in [0.5, 0.6) is 11.5 Å². The highest BCUT2D eigenvalue weighted by Gasteiger charge is 2.09. The molecule has 1 aromatic heterocycles. The van der Waals surface area contributed by atoms with Crippen LogP contribution in [0.25, 0.3) is 0 Å². The maximum absolute atomic E-state index is 9.99. The van der Waals surface area contributed by atoms with Gasteiger partial charge in [0.2, 0.25) is 0 Å². The fourth-order valence-corrected chi connectivity index (χ4v) is 2.49. The number of aryl methyl sites for hydroxylation is 1. The number of unbranched alkanes of at least 4 members (excludes halogenated alkanes) is 2. The normalized spacial score (nSPS) is 10.9. The highest BCUT2D eigenvalue weighted by atomic mass is 16.5. The lowest BCUT2D eigenvalue weighted by molar-refractivity contribution is 0.315. The summed E-state index contributed by atoms with van der Waals surface area (Å²) in [6, 6.07) is 7.31. The molecule has 4 N–H and O–H groups in total. The van der Waals surface area contributed by atoms with Gasteiger partial charge in [-0.2, -0.15) is 10.4 Å². The topological polar surface area (TPSA) is 120 Å². The molecule has 0 saturated heterocycles. The van der Waals surface area contributed by atoms with Gasteiger partial charge >= 0.3 is 0 Å². The average molecular weight is 355 g/mol. The number of nitrogens with zero attached hydrogens (tertiary/aromatic N) is 3. The van der Waals surface area contributed by atoms with Gasteiger partial charge in [0.25, 0.3) is 0 Å². The summed E-state index contributed by atoms with van der Waals surface area (Å²) < 4.78 is 5.48. The number of hydrogen-bond donors (Lipinski definition) is 3. The predicted molar refractivity (Wildman–Crippen MR) is 102 cm³/mol. The van der Waals surface area contributed by atoms with Gasteiger partial charge in [0.1, 0.15) is 23.1 Å². The number of aromatic hydroxyl groups is 1. The van der Waals surface area contributed by atoms with E-state index in [0.717, 1.165) is 37.8 Å². The zero-order valence-corrected chi connectivity index (χ0v) is 15.0. The molecule has 0 saturated carbocycles. The number of aromatic amines is 1. The molecular formula is C19H25N5O2. The first-order chi connectivity index (χ1) is 12.7. The van der Waals surface area contributed by atoms with Crippen molar-refractivity contribution in [2.45, 2.75) is 39.0 Å². The van der Waals surface area contributed by atoms with Crippen molar-refractivity contribution in [2.75, 3.05) is 18.9 Å². The van der Waals surface area contributed by atoms with E-state index in [1.54, 1.807) is 18.3 Å². The quantitative estimate of drug-likeness (QED) is 0.446. The van der Waals surface area contributed by atoms with Gasteiger partial charge in [0.15, 0.2) is 5.82 Å². The lowest BCUT2D eigenvalue weighted by Crippen LogP contribution is -1.95. The van der Waals surface area contributed by atoms with Gasteiger partial charge in [-0.05, 0) is 37.8 Å². The van der Waals surface area contributed by atoms with Gasteiger partial charge in [-0.25, -0.2) is 0 Å². The SMILES string of the molecule is CCCOc1ccc(C=NCCCCCc2[nH]nc(N)c2C#N)c(O)c1. The van der Waals surface area contributed by atoms with E-state index in [4.69, 9.17) is 15.7 Å². The van der Waals surface area contributed by atoms with Crippen molar-refractivity contribution in [3.63, 3.8) is 0 Å². The second kappa shape index (κ2) is 10.1. The largest absolute Gasteiger partial charge is 0.507 e. The minimum Gasteiger partial charge on any atom is -0.507 e. The molecule has 0 bridgehead atoms. The standard InChI is InChI=1S/C19H25N5O2/c1-2-10-26-15-8-7-14(18(25)11-15)13-22-9-5-3-4-6-17-16(12-20)19(21)24-23-17/h7-8,11,13,25H,2-6,9-10H2,1H3,(H3,21,23,24). The van der Waals surface area contributed by atoms with Crippen molar-refractivity contribution in [1.82, 2.24) is 10.2 Å². The molecule has 2 rings (SSSR count). The highest BCUT2D eigenvalue weighted by molar-refractivity contribution is 5.83. The van der Waals surface area contributed by atoms with Crippen molar-refractivity contribution in [3.05, 3.63) is 35.0 Å². The second-order valence-electron chi connectivity index (χ2n) is 5.99. The van der Waals surface area contributed by atoms with Gasteiger partial charge in [-0.3, -0.25) is 10.1 Å². The molecule has 1 aromatic carbocycles. The number of nitrogens with one attached hydrogen (secondary N) is 1. The maximum atomic E-state index is 9.99. The molecule has 1 heterocycles. The molecule has 2 aromatic rings. The van der Waals surface area contributed by atoms with Crippen molar-refractivity contribution in [2.24, 2.45) is 4.99 Å². The van der Waals surface area contributed by atoms with Crippen LogP contribution in [0.1, 0.15) is 49.4 Å². The molecule has 0 fully saturated rings. The lowest BCUT2D eigenvalue weighted by atomic mass is 10.1. The number of H-pyrrole nitrogens is 1. The number of anilines is 1. The van der Waals surface area contributed by atoms with Crippen LogP contribution in [0, 0.1) is 11.3 Å². The Balaban J connectivity index is 1.70. The number of nitrogens with two attached hydrogens (primary N) is 1. The molecule has 0 atom stereocenters. The number of phenolic OH excluding ortho intramolecular Hbond substituents is 1. The second-order valence-corrected chi connectivity index (χ2v) is 5.99. The van der Waals surface area contributed by atoms with Crippen LogP contribution in [0.15, 0.2) is 23.2 Å². The summed E-state index contributed by atoms with van der Waals surface area (Å²) >= 11 is 0. The fourth-order valence-electron chi connectivity index (χ4n) is 2.49. The third-order valence-electron chi connectivity index (χ3n) is 3.90. The maximum Gasteiger partial charge on any atom is 0.163 e. The number of nitrogen functional groups attached to an aromatic ring is 1. The van der Waals surface area contributed by atoms with Gasteiger partial charge < -0.3 is 15.6 Å². The number of aromatic nitrogens is 2. The Morgan fingerprint density at radius 3 is 2.96 bits per heavy atom. The summed E-state index contributed by atoms with van der Waals surface area (Å²) in [5.41, 5.74) is 7.54. The molecule has 0 amide bonds. The zero-order chi connectivity index (χ0) is 18.8. The number of phenols is 1. The van der Waals surface area contributed by atoms with Crippen molar-refractivity contribution < 1.29 is 9.84 Å². The molecule has 0 aliphatic rings. The highest BCUT2D eigenvalue weighted by Crippen LogP contribution is 2.22. The third-order valence-corrected chi connectivity index (χ3v) is 3.90. The molecular weight excluding hydrogens is 330 g/mol. The summed E-state index contributed by atoms with van der Waals surface area (Å²) in [4.78, 5) is 4.36. The molecule has 0 radical (unpaired) electrons. The summed E-state index contributed by atoms with van der Waals surface area (Å²) in [6.07, 6.45) is 6.20. The monoisotopic (exact) mass is 355 g/mol. The van der Waals surface area contributed by atoms with E-state index in [1.165, 1.54) is 0 Å². The van der Waals surface area contributed by atoms with Gasteiger partial charge in [0, 0.05) is 24.4 Å². The predicted octanol–water partition coefficient (Wildman–Crippen LogP) is 3.19. The van der Waals surface area contributed by atoms with E-state index in [0.29, 0.717) is 30.0 Å². The number of aliphatic imine (C=N–C) groups is 1. The fraction of sp³-hybridized carbons (Fsp3) is 0.421. The molecule has 7 heteroatoms. The van der Waals surface area contributed by atoms with E-state index in [-0.39, 0.29) is 11.6 Å². The third kappa shape index (κ3) is 5.52. The minimum atomic E-state index is 0.170. The van der Waals surface area contributed by atoms with Gasteiger partial charge in [-0.1, -0.05) is 13.3 Å². The van der Waals surface area contributed by atoms with Crippen LogP contribution in [0.4, 0.5) is 5.82 Å². The molecule has 0 unspecified atom stereocenters. The lowest BCUT2D eigenvalue weighted by Gasteiger charge is -2.06. The van der Waals surface area contributed by atoms with Crippen LogP contribution in [0.2, 0.25) is 0 Å². The molecule has 7 nitrogen and oxygen atoms in total. The number of ether oxygens (including phenoxy) is 1. The summed E-state index contributed by atoms with van der Waals surface area (Å²) in [5.74, 6) is 1.10. The number of nitriles is 1. The van der Waals surface area contributed by atoms with Crippen LogP contribution in [-0.4, -0.2) is 34.7 Å². The Labute approximate surface area is 153 Å². The Morgan fingerprint density at radius 2 is 2.23 bits per heavy atom. The van der Waals surface area contributed by atoms with Crippen LogP contribution < -0.4 is 10.5 Å². The van der Waals surface area contributed by atoms with E-state index < -0.39 is 0 Å². The Hall–Kier alpha value is -3.01. The van der Waals surface area contributed by atoms with Crippen molar-refractivity contribution in [1.29, 1.82) is 5.26 Å². The summed E-state index contributed by atoms with van der Waals surface area (Å²) in [6.45, 7) is 3.35. The minimum absolute atomic E-state index is 0.170. The van der Waals surface area contributed by atoms with Crippen LogP contribution >= 0.6 is 0 Å². The van der Waals surface area contributed by atoms with Crippen LogP contribution in [0.3, 0.4) is 0 Å². The van der Waals surface area contributed by atoms with E-state index in [9.17, 15) is 5.11 Å². The number of benzene rings is 1. The molecule has 0 spiro atoms. The van der Waals surface area contributed by atoms with E-state index in [2.05, 4.69) is 21.3 Å². The average Bonchev–Trinajstić information content (AvgIpc) is 3.00. The first kappa shape index (κ1) is 19.3. The molecule has 0 aliphatic heterocycles. The van der Waals surface area contributed by atoms with Gasteiger partial charge in [0.05, 0.1) is 12.3 Å². The Morgan fingerprint density at radius 1 is 1.38 bits per heavy atom. The van der Waals surface area contributed by atoms with Crippen molar-refractivity contribution >= 4 is 12.0 Å². The first-order valence-electron chi connectivity index (χ1n) is 8.84. The molecule has 0 aliphatic carbocycles. The van der Waals surface area contributed by atoms with Crippen LogP contribution in [-0.2, 0) is 6.42 Å². The van der Waals surface area contributed by atoms with Crippen molar-refractivity contribution in [3.8, 4) is 17.6 Å². The van der Waals surface area contributed by atoms with Gasteiger partial charge in [-0.15, -0.1) is 0 Å². The number of rotatable bonds is 10. The first-order valence-corrected chi connectivity index (χ1v) is 8.84. The zero-order valence-electron chi connectivity index (χ0n) is 15.0. The summed E-state index contributed by atoms with van der Waals surface area (Å²) in [7, 11) is 0. The number of hydrogen-bond acceptors (Lipinski definition) is 6. The molecule has 138 valence electrons. The smallest absolute Gasteiger partial charge is 0.163 e. The Bertz CT molecular complexity index is 777. The van der Waals surface area contributed by atoms with E-state index >= 15 is 0 Å². The summed E-state index contributed by atoms with van der Waals surface area (Å²) in [5, 5.41) is 25.7. The molecule has 26 heavy (non-hydrogen) atoms. The van der Waals surface area contributed by atoms with E-state index in [1.807, 2.05) is 13.0 Å².